The Morgan fingerprint density at radius 1 is 1.60 bits per heavy atom. The highest BCUT2D eigenvalue weighted by Crippen LogP contribution is 2.26. The molecule has 0 radical (unpaired) electrons. The van der Waals surface area contributed by atoms with E-state index in [1.165, 1.54) is 6.42 Å². The highest BCUT2D eigenvalue weighted by atomic mass is 16.5. The van der Waals surface area contributed by atoms with Crippen molar-refractivity contribution >= 4 is 5.97 Å². The molecule has 1 fully saturated rings. The lowest BCUT2D eigenvalue weighted by Crippen LogP contribution is -2.37. The van der Waals surface area contributed by atoms with Gasteiger partial charge in [0.2, 0.25) is 0 Å². The fourth-order valence-electron chi connectivity index (χ4n) is 1.90. The molecule has 3 heteroatoms. The Balaban J connectivity index is 2.39. The van der Waals surface area contributed by atoms with E-state index in [0.29, 0.717) is 5.92 Å². The van der Waals surface area contributed by atoms with E-state index in [0.717, 1.165) is 19.3 Å². The number of esters is 1. The van der Waals surface area contributed by atoms with Gasteiger partial charge >= 0.3 is 5.97 Å². The maximum absolute atomic E-state index is 11.5. The van der Waals surface area contributed by atoms with Gasteiger partial charge in [-0.2, -0.15) is 0 Å². The van der Waals surface area contributed by atoms with Gasteiger partial charge in [0.1, 0.15) is 12.1 Å². The van der Waals surface area contributed by atoms with E-state index in [4.69, 9.17) is 16.9 Å². The molecule has 0 amide bonds. The van der Waals surface area contributed by atoms with E-state index in [9.17, 15) is 4.79 Å². The first-order valence-electron chi connectivity index (χ1n) is 5.54. The zero-order valence-corrected chi connectivity index (χ0v) is 9.24. The first-order valence-corrected chi connectivity index (χ1v) is 5.54. The SMILES string of the molecule is C#CCC(N)C(=O)OC1CCCCC1C. The van der Waals surface area contributed by atoms with E-state index in [2.05, 4.69) is 12.8 Å². The highest BCUT2D eigenvalue weighted by Gasteiger charge is 2.26. The Morgan fingerprint density at radius 2 is 2.27 bits per heavy atom. The summed E-state index contributed by atoms with van der Waals surface area (Å²) in [4.78, 5) is 11.5. The van der Waals surface area contributed by atoms with Crippen LogP contribution in [0.15, 0.2) is 0 Å². The van der Waals surface area contributed by atoms with Gasteiger partial charge in [0.15, 0.2) is 0 Å². The lowest BCUT2D eigenvalue weighted by Gasteiger charge is -2.29. The minimum absolute atomic E-state index is 0.0371. The van der Waals surface area contributed by atoms with Gasteiger partial charge in [0, 0.05) is 6.42 Å². The lowest BCUT2D eigenvalue weighted by molar-refractivity contribution is -0.154. The van der Waals surface area contributed by atoms with Crippen molar-refractivity contribution in [2.24, 2.45) is 11.7 Å². The quantitative estimate of drug-likeness (QED) is 0.565. The summed E-state index contributed by atoms with van der Waals surface area (Å²) < 4.78 is 5.36. The average Bonchev–Trinajstić information content (AvgIpc) is 2.21. The number of nitrogens with two attached hydrogens (primary N) is 1. The Bertz CT molecular complexity index is 257. The topological polar surface area (TPSA) is 52.3 Å². The number of ether oxygens (including phenoxy) is 1. The van der Waals surface area contributed by atoms with E-state index >= 15 is 0 Å². The van der Waals surface area contributed by atoms with Crippen molar-refractivity contribution in [2.75, 3.05) is 0 Å². The Kier molecular flexibility index (Phi) is 4.64. The molecule has 0 bridgehead atoms. The molecule has 3 unspecified atom stereocenters. The molecule has 0 aromatic carbocycles. The second-order valence-electron chi connectivity index (χ2n) is 4.25. The maximum atomic E-state index is 11.5. The normalized spacial score (nSPS) is 27.8. The molecule has 2 N–H and O–H groups in total. The number of carbonyl (C=O) groups is 1. The molecule has 0 spiro atoms. The van der Waals surface area contributed by atoms with Crippen LogP contribution >= 0.6 is 0 Å². The average molecular weight is 209 g/mol. The summed E-state index contributed by atoms with van der Waals surface area (Å²) in [6.45, 7) is 2.11. The van der Waals surface area contributed by atoms with Crippen LogP contribution in [0.4, 0.5) is 0 Å². The van der Waals surface area contributed by atoms with Crippen LogP contribution in [0.3, 0.4) is 0 Å². The van der Waals surface area contributed by atoms with Crippen molar-refractivity contribution in [1.82, 2.24) is 0 Å². The van der Waals surface area contributed by atoms with Crippen LogP contribution in [-0.4, -0.2) is 18.1 Å². The number of hydrogen-bond acceptors (Lipinski definition) is 3. The van der Waals surface area contributed by atoms with Crippen molar-refractivity contribution in [3.63, 3.8) is 0 Å². The molecule has 1 aliphatic carbocycles. The molecule has 0 aromatic heterocycles. The van der Waals surface area contributed by atoms with Crippen LogP contribution in [-0.2, 0) is 9.53 Å². The summed E-state index contributed by atoms with van der Waals surface area (Å²) in [5.41, 5.74) is 5.57. The third-order valence-corrected chi connectivity index (χ3v) is 2.94. The van der Waals surface area contributed by atoms with E-state index in [-0.39, 0.29) is 18.5 Å². The second kappa shape index (κ2) is 5.77. The van der Waals surface area contributed by atoms with Gasteiger partial charge in [-0.15, -0.1) is 12.3 Å². The predicted octanol–water partition coefficient (Wildman–Crippen LogP) is 1.46. The highest BCUT2D eigenvalue weighted by molar-refractivity contribution is 5.76. The third-order valence-electron chi connectivity index (χ3n) is 2.94. The zero-order chi connectivity index (χ0) is 11.3. The standard InChI is InChI=1S/C12H19NO2/c1-3-6-10(13)12(14)15-11-8-5-4-7-9(11)2/h1,9-11H,4-8,13H2,2H3. The molecule has 0 saturated heterocycles. The minimum Gasteiger partial charge on any atom is -0.461 e. The summed E-state index contributed by atoms with van der Waals surface area (Å²) in [5, 5.41) is 0. The van der Waals surface area contributed by atoms with Gasteiger partial charge in [-0.05, 0) is 25.2 Å². The second-order valence-corrected chi connectivity index (χ2v) is 4.25. The summed E-state index contributed by atoms with van der Waals surface area (Å²) >= 11 is 0. The molecule has 3 atom stereocenters. The molecule has 1 saturated carbocycles. The van der Waals surface area contributed by atoms with E-state index in [1.54, 1.807) is 0 Å². The van der Waals surface area contributed by atoms with Gasteiger partial charge in [0.25, 0.3) is 0 Å². The van der Waals surface area contributed by atoms with Crippen molar-refractivity contribution in [2.45, 2.75) is 51.2 Å². The lowest BCUT2D eigenvalue weighted by atomic mass is 9.88. The van der Waals surface area contributed by atoms with Gasteiger partial charge in [-0.3, -0.25) is 4.79 Å². The predicted molar refractivity (Wildman–Crippen MR) is 58.9 cm³/mol. The van der Waals surface area contributed by atoms with Crippen LogP contribution < -0.4 is 5.73 Å². The fourth-order valence-corrected chi connectivity index (χ4v) is 1.90. The third kappa shape index (κ3) is 3.56. The Hall–Kier alpha value is -1.01. The Morgan fingerprint density at radius 3 is 2.87 bits per heavy atom. The number of carbonyl (C=O) groups excluding carboxylic acids is 1. The summed E-state index contributed by atoms with van der Waals surface area (Å²) in [7, 11) is 0. The van der Waals surface area contributed by atoms with Crippen LogP contribution in [0.25, 0.3) is 0 Å². The molecule has 0 aliphatic heterocycles. The molecule has 84 valence electrons. The van der Waals surface area contributed by atoms with Gasteiger partial charge in [-0.25, -0.2) is 0 Å². The summed E-state index contributed by atoms with van der Waals surface area (Å²) in [6, 6.07) is -0.663. The minimum atomic E-state index is -0.663. The number of hydrogen-bond donors (Lipinski definition) is 1. The fraction of sp³-hybridized carbons (Fsp3) is 0.750. The van der Waals surface area contributed by atoms with Crippen molar-refractivity contribution in [3.8, 4) is 12.3 Å². The molecule has 1 rings (SSSR count). The molecule has 0 heterocycles. The van der Waals surface area contributed by atoms with Crippen molar-refractivity contribution in [1.29, 1.82) is 0 Å². The van der Waals surface area contributed by atoms with Crippen LogP contribution in [0.1, 0.15) is 39.0 Å². The number of terminal acetylenes is 1. The smallest absolute Gasteiger partial charge is 0.324 e. The molecule has 3 nitrogen and oxygen atoms in total. The van der Waals surface area contributed by atoms with Crippen molar-refractivity contribution in [3.05, 3.63) is 0 Å². The van der Waals surface area contributed by atoms with E-state index < -0.39 is 6.04 Å². The van der Waals surface area contributed by atoms with Gasteiger partial charge in [0.05, 0.1) is 0 Å². The maximum Gasteiger partial charge on any atom is 0.324 e. The first-order chi connectivity index (χ1) is 7.15. The monoisotopic (exact) mass is 209 g/mol. The summed E-state index contributed by atoms with van der Waals surface area (Å²) in [5.74, 6) is 2.46. The van der Waals surface area contributed by atoms with Crippen LogP contribution in [0.2, 0.25) is 0 Å². The van der Waals surface area contributed by atoms with E-state index in [1.807, 2.05) is 0 Å². The van der Waals surface area contributed by atoms with Crippen molar-refractivity contribution < 1.29 is 9.53 Å². The molecule has 15 heavy (non-hydrogen) atoms. The number of rotatable bonds is 3. The zero-order valence-electron chi connectivity index (χ0n) is 9.24. The molecule has 1 aliphatic rings. The largest absolute Gasteiger partial charge is 0.461 e. The Labute approximate surface area is 91.4 Å². The van der Waals surface area contributed by atoms with Gasteiger partial charge < -0.3 is 10.5 Å². The van der Waals surface area contributed by atoms with Gasteiger partial charge in [-0.1, -0.05) is 13.3 Å². The summed E-state index contributed by atoms with van der Waals surface area (Å²) in [6.07, 6.45) is 9.82. The van der Waals surface area contributed by atoms with Crippen LogP contribution in [0, 0.1) is 18.3 Å². The molecule has 0 aromatic rings. The molecular weight excluding hydrogens is 190 g/mol. The van der Waals surface area contributed by atoms with Crippen LogP contribution in [0.5, 0.6) is 0 Å². The molecular formula is C12H19NO2. The first kappa shape index (κ1) is 12.1.